The summed E-state index contributed by atoms with van der Waals surface area (Å²) in [6, 6.07) is 3.56. The molecule has 0 unspecified atom stereocenters. The van der Waals surface area contributed by atoms with Gasteiger partial charge >= 0.3 is 6.09 Å². The van der Waals surface area contributed by atoms with Crippen molar-refractivity contribution in [3.05, 3.63) is 17.8 Å². The Morgan fingerprint density at radius 3 is 2.11 bits per heavy atom. The summed E-state index contributed by atoms with van der Waals surface area (Å²) >= 11 is 0. The maximum absolute atomic E-state index is 13.4. The Kier molecular flexibility index (Phi) is 13.2. The van der Waals surface area contributed by atoms with Crippen LogP contribution < -0.4 is 5.32 Å². The van der Waals surface area contributed by atoms with Gasteiger partial charge in [-0.05, 0) is 70.8 Å². The average molecular weight is 503 g/mol. The summed E-state index contributed by atoms with van der Waals surface area (Å²) in [6.45, 7) is 15.9. The Balaban J connectivity index is 2.35. The molecule has 0 aliphatic carbocycles. The van der Waals surface area contributed by atoms with Gasteiger partial charge in [0.25, 0.3) is 5.91 Å². The van der Waals surface area contributed by atoms with Gasteiger partial charge in [0, 0.05) is 19.6 Å². The van der Waals surface area contributed by atoms with Crippen LogP contribution in [0.25, 0.3) is 11.2 Å². The first-order chi connectivity index (χ1) is 17.5. The second kappa shape index (κ2) is 16.1. The van der Waals surface area contributed by atoms with E-state index in [-0.39, 0.29) is 12.5 Å². The van der Waals surface area contributed by atoms with Crippen LogP contribution >= 0.6 is 0 Å². The normalized spacial score (nSPS) is 11.3. The number of pyridine rings is 1. The summed E-state index contributed by atoms with van der Waals surface area (Å²) in [5.41, 5.74) is 1.67. The highest BCUT2D eigenvalue weighted by atomic mass is 16.5. The van der Waals surface area contributed by atoms with Gasteiger partial charge in [0.1, 0.15) is 11.2 Å². The van der Waals surface area contributed by atoms with Gasteiger partial charge in [-0.2, -0.15) is 0 Å². The number of nitrogens with zero attached hydrogens (tertiary/aromatic N) is 5. The summed E-state index contributed by atoms with van der Waals surface area (Å²) < 4.78 is 6.98. The van der Waals surface area contributed by atoms with Crippen molar-refractivity contribution in [3.8, 4) is 0 Å². The van der Waals surface area contributed by atoms with Crippen molar-refractivity contribution in [2.24, 2.45) is 0 Å². The molecule has 0 atom stereocenters. The molecular formula is C27H46N6O3. The monoisotopic (exact) mass is 502 g/mol. The molecule has 0 radical (unpaired) electrons. The van der Waals surface area contributed by atoms with Crippen LogP contribution in [0.3, 0.4) is 0 Å². The molecule has 2 aromatic heterocycles. The van der Waals surface area contributed by atoms with Gasteiger partial charge in [0.15, 0.2) is 5.65 Å². The zero-order chi connectivity index (χ0) is 26.3. The average Bonchev–Trinajstić information content (AvgIpc) is 3.20. The third-order valence-corrected chi connectivity index (χ3v) is 6.09. The van der Waals surface area contributed by atoms with Crippen LogP contribution in [-0.2, 0) is 11.3 Å². The number of aryl methyl sites for hydroxylation is 1. The van der Waals surface area contributed by atoms with Gasteiger partial charge < -0.3 is 14.5 Å². The molecular weight excluding hydrogens is 456 g/mol. The largest absolute Gasteiger partial charge is 0.450 e. The van der Waals surface area contributed by atoms with Gasteiger partial charge in [0.2, 0.25) is 5.95 Å². The second-order valence-corrected chi connectivity index (χ2v) is 9.17. The molecule has 202 valence electrons. The van der Waals surface area contributed by atoms with E-state index in [1.165, 1.54) is 0 Å². The predicted molar refractivity (Wildman–Crippen MR) is 146 cm³/mol. The molecule has 36 heavy (non-hydrogen) atoms. The molecule has 0 fully saturated rings. The quantitative estimate of drug-likeness (QED) is 0.305. The molecule has 2 heterocycles. The van der Waals surface area contributed by atoms with E-state index in [2.05, 4.69) is 42.9 Å². The van der Waals surface area contributed by atoms with Crippen LogP contribution in [0, 0.1) is 0 Å². The number of hydrogen-bond donors (Lipinski definition) is 1. The van der Waals surface area contributed by atoms with Crippen molar-refractivity contribution < 1.29 is 14.3 Å². The summed E-state index contributed by atoms with van der Waals surface area (Å²) in [7, 11) is 0. The van der Waals surface area contributed by atoms with Crippen LogP contribution in [0.5, 0.6) is 0 Å². The van der Waals surface area contributed by atoms with Gasteiger partial charge in [-0.1, -0.05) is 40.5 Å². The van der Waals surface area contributed by atoms with E-state index < -0.39 is 6.09 Å². The molecule has 0 aromatic carbocycles. The Morgan fingerprint density at radius 1 is 0.861 bits per heavy atom. The highest BCUT2D eigenvalue weighted by Gasteiger charge is 2.20. The zero-order valence-corrected chi connectivity index (χ0v) is 23.0. The van der Waals surface area contributed by atoms with Gasteiger partial charge in [-0.25, -0.2) is 14.8 Å². The smallest absolute Gasteiger partial charge is 0.413 e. The van der Waals surface area contributed by atoms with Gasteiger partial charge in [0.05, 0.1) is 6.61 Å². The maximum atomic E-state index is 13.4. The SMILES string of the molecule is CCCCN(CCCC)C(=O)c1ccc2nc(NC(=O)OCC)n(CCCN(CCC)CCC)c2n1. The highest BCUT2D eigenvalue weighted by Crippen LogP contribution is 2.21. The number of imidazole rings is 1. The Morgan fingerprint density at radius 2 is 1.53 bits per heavy atom. The first-order valence-corrected chi connectivity index (χ1v) is 13.8. The van der Waals surface area contributed by atoms with Crippen molar-refractivity contribution in [1.82, 2.24) is 24.3 Å². The summed E-state index contributed by atoms with van der Waals surface area (Å²) in [4.78, 5) is 39.3. The molecule has 0 aliphatic heterocycles. The molecule has 1 N–H and O–H groups in total. The Bertz CT molecular complexity index is 931. The molecule has 0 saturated heterocycles. The number of amides is 2. The van der Waals surface area contributed by atoms with E-state index in [1.807, 2.05) is 15.5 Å². The predicted octanol–water partition coefficient (Wildman–Crippen LogP) is 5.55. The minimum absolute atomic E-state index is 0.0523. The number of ether oxygens (including phenoxy) is 1. The number of aromatic nitrogens is 3. The van der Waals surface area contributed by atoms with Crippen molar-refractivity contribution in [2.75, 3.05) is 44.6 Å². The van der Waals surface area contributed by atoms with Crippen LogP contribution in [0.4, 0.5) is 10.7 Å². The molecule has 2 aromatic rings. The van der Waals surface area contributed by atoms with Crippen molar-refractivity contribution >= 4 is 29.1 Å². The lowest BCUT2D eigenvalue weighted by Crippen LogP contribution is -2.33. The third kappa shape index (κ3) is 8.76. The fraction of sp³-hybridized carbons (Fsp3) is 0.704. The molecule has 9 nitrogen and oxygen atoms in total. The number of unbranched alkanes of at least 4 members (excludes halogenated alkanes) is 2. The topological polar surface area (TPSA) is 92.6 Å². The molecule has 0 aliphatic rings. The number of nitrogens with one attached hydrogen (secondary N) is 1. The highest BCUT2D eigenvalue weighted by molar-refractivity contribution is 5.94. The van der Waals surface area contributed by atoms with Crippen LogP contribution in [-0.4, -0.2) is 75.7 Å². The molecule has 0 bridgehead atoms. The number of anilines is 1. The van der Waals surface area contributed by atoms with Crippen LogP contribution in [0.1, 0.15) is 90.1 Å². The molecule has 2 rings (SSSR count). The van der Waals surface area contributed by atoms with Gasteiger partial charge in [-0.3, -0.25) is 14.7 Å². The standard InChI is InChI=1S/C27H46N6O3/c1-6-11-19-32(20-12-7-2)25(34)23-15-14-22-24(28-23)33(26(29-22)30-27(35)36-10-5)21-13-18-31(16-8-3)17-9-4/h14-15H,6-13,16-21H2,1-5H3,(H,29,30,35). The first kappa shape index (κ1) is 29.5. The van der Waals surface area contributed by atoms with Crippen LogP contribution in [0.15, 0.2) is 12.1 Å². The van der Waals surface area contributed by atoms with E-state index in [9.17, 15) is 9.59 Å². The Labute approximate surface area is 216 Å². The Hall–Kier alpha value is -2.68. The summed E-state index contributed by atoms with van der Waals surface area (Å²) in [6.07, 6.45) is 6.56. The minimum atomic E-state index is -0.547. The van der Waals surface area contributed by atoms with E-state index in [1.54, 1.807) is 13.0 Å². The second-order valence-electron chi connectivity index (χ2n) is 9.17. The van der Waals surface area contributed by atoms with E-state index in [4.69, 9.17) is 9.72 Å². The number of carbonyl (C=O) groups excluding carboxylic acids is 2. The summed E-state index contributed by atoms with van der Waals surface area (Å²) in [5.74, 6) is 0.343. The molecule has 2 amide bonds. The molecule has 0 spiro atoms. The minimum Gasteiger partial charge on any atom is -0.450 e. The number of fused-ring (bicyclic) bond motifs is 1. The molecule has 9 heteroatoms. The van der Waals surface area contributed by atoms with E-state index >= 15 is 0 Å². The lowest BCUT2D eigenvalue weighted by molar-refractivity contribution is 0.0745. The lowest BCUT2D eigenvalue weighted by Gasteiger charge is -2.22. The number of rotatable bonds is 17. The maximum Gasteiger partial charge on any atom is 0.413 e. The zero-order valence-electron chi connectivity index (χ0n) is 23.0. The van der Waals surface area contributed by atoms with Crippen molar-refractivity contribution in [1.29, 1.82) is 0 Å². The van der Waals surface area contributed by atoms with Crippen molar-refractivity contribution in [2.45, 2.75) is 86.1 Å². The van der Waals surface area contributed by atoms with Crippen molar-refractivity contribution in [3.63, 3.8) is 0 Å². The third-order valence-electron chi connectivity index (χ3n) is 6.09. The fourth-order valence-corrected chi connectivity index (χ4v) is 4.28. The number of carbonyl (C=O) groups is 2. The fourth-order valence-electron chi connectivity index (χ4n) is 4.28. The number of hydrogen-bond acceptors (Lipinski definition) is 6. The molecule has 0 saturated carbocycles. The summed E-state index contributed by atoms with van der Waals surface area (Å²) in [5, 5.41) is 2.76. The lowest BCUT2D eigenvalue weighted by atomic mass is 10.2. The van der Waals surface area contributed by atoms with E-state index in [0.29, 0.717) is 29.4 Å². The van der Waals surface area contributed by atoms with E-state index in [0.717, 1.165) is 77.7 Å². The first-order valence-electron chi connectivity index (χ1n) is 13.8. The van der Waals surface area contributed by atoms with Gasteiger partial charge in [-0.15, -0.1) is 0 Å². The van der Waals surface area contributed by atoms with Crippen LogP contribution in [0.2, 0.25) is 0 Å².